The van der Waals surface area contributed by atoms with Crippen molar-refractivity contribution in [1.82, 2.24) is 20.0 Å². The number of ether oxygens (including phenoxy) is 2. The molecule has 1 saturated carbocycles. The summed E-state index contributed by atoms with van der Waals surface area (Å²) in [4.78, 5) is 13.9. The molecule has 0 atom stereocenters. The fourth-order valence-corrected chi connectivity index (χ4v) is 2.65. The van der Waals surface area contributed by atoms with Crippen molar-refractivity contribution in [2.45, 2.75) is 25.6 Å². The Morgan fingerprint density at radius 2 is 2.00 bits per heavy atom. The Morgan fingerprint density at radius 1 is 1.35 bits per heavy atom. The molecule has 1 aromatic carbocycles. The molecule has 0 saturated heterocycles. The van der Waals surface area contributed by atoms with Crippen LogP contribution in [0, 0.1) is 4.84 Å². The van der Waals surface area contributed by atoms with Crippen molar-refractivity contribution in [3.8, 4) is 23.0 Å². The van der Waals surface area contributed by atoms with Gasteiger partial charge in [-0.05, 0) is 44.2 Å². The molecule has 1 aliphatic carbocycles. The first-order valence-corrected chi connectivity index (χ1v) is 8.68. The molecule has 0 aliphatic heterocycles. The highest BCUT2D eigenvalue weighted by molar-refractivity contribution is 7.71. The molecule has 0 radical (unpaired) electrons. The first-order chi connectivity index (χ1) is 12.5. The summed E-state index contributed by atoms with van der Waals surface area (Å²) in [7, 11) is 4.99. The predicted molar refractivity (Wildman–Crippen MR) is 97.7 cm³/mol. The maximum Gasteiger partial charge on any atom is 0.288 e. The molecular formula is C17H22N4O4S. The number of carbonyl (C=O) groups excluding carboxylic acids is 1. The zero-order valence-corrected chi connectivity index (χ0v) is 15.8. The van der Waals surface area contributed by atoms with Gasteiger partial charge in [-0.3, -0.25) is 9.69 Å². The number of benzene rings is 1. The second-order valence-electron chi connectivity index (χ2n) is 6.27. The summed E-state index contributed by atoms with van der Waals surface area (Å²) in [5, 5.41) is 7.37. The number of rotatable bonds is 8. The van der Waals surface area contributed by atoms with Crippen LogP contribution < -0.4 is 14.8 Å². The zero-order chi connectivity index (χ0) is 18.7. The van der Waals surface area contributed by atoms with E-state index in [-0.39, 0.29) is 17.3 Å². The lowest BCUT2D eigenvalue weighted by Gasteiger charge is -2.15. The molecule has 1 N–H and O–H groups in total. The van der Waals surface area contributed by atoms with Crippen LogP contribution in [-0.4, -0.2) is 54.4 Å². The minimum absolute atomic E-state index is 0.00256. The maximum absolute atomic E-state index is 11.9. The number of amides is 1. The maximum atomic E-state index is 11.9. The van der Waals surface area contributed by atoms with Gasteiger partial charge in [-0.25, -0.2) is 4.68 Å². The number of likely N-dealkylation sites (N-methyl/N-ethyl adjacent to an activating group) is 1. The summed E-state index contributed by atoms with van der Waals surface area (Å²) >= 11 is 5.25. The normalized spacial score (nSPS) is 13.7. The third-order valence-corrected chi connectivity index (χ3v) is 4.23. The second kappa shape index (κ2) is 7.88. The Labute approximate surface area is 156 Å². The molecule has 1 aromatic heterocycles. The van der Waals surface area contributed by atoms with Crippen LogP contribution in [0.4, 0.5) is 0 Å². The molecule has 0 bridgehead atoms. The lowest BCUT2D eigenvalue weighted by Crippen LogP contribution is -2.37. The number of nitrogens with one attached hydrogen (secondary N) is 1. The Balaban J connectivity index is 1.72. The van der Waals surface area contributed by atoms with E-state index in [9.17, 15) is 4.79 Å². The van der Waals surface area contributed by atoms with Gasteiger partial charge in [0.15, 0.2) is 0 Å². The van der Waals surface area contributed by atoms with Crippen LogP contribution in [0.15, 0.2) is 22.6 Å². The highest BCUT2D eigenvalue weighted by Crippen LogP contribution is 2.29. The standard InChI is InChI=1S/C17H22N4O4S/c1-20(9-15(22)18-12-4-5-12)10-21-17(26)25-16(19-21)11-6-13(23-2)8-14(7-11)24-3/h6-8,12H,4-5,9-10H2,1-3H3,(H,18,22). The quantitative estimate of drug-likeness (QED) is 0.704. The monoisotopic (exact) mass is 378 g/mol. The van der Waals surface area contributed by atoms with Gasteiger partial charge >= 0.3 is 0 Å². The van der Waals surface area contributed by atoms with Gasteiger partial charge in [-0.1, -0.05) is 0 Å². The van der Waals surface area contributed by atoms with Gasteiger partial charge in [0.1, 0.15) is 11.5 Å². The summed E-state index contributed by atoms with van der Waals surface area (Å²) in [6.45, 7) is 0.620. The van der Waals surface area contributed by atoms with E-state index in [2.05, 4.69) is 10.4 Å². The molecule has 140 valence electrons. The van der Waals surface area contributed by atoms with Crippen molar-refractivity contribution in [1.29, 1.82) is 0 Å². The van der Waals surface area contributed by atoms with Crippen LogP contribution >= 0.6 is 12.2 Å². The van der Waals surface area contributed by atoms with Crippen molar-refractivity contribution in [3.05, 3.63) is 23.0 Å². The summed E-state index contributed by atoms with van der Waals surface area (Å²) in [6, 6.07) is 5.70. The van der Waals surface area contributed by atoms with E-state index in [1.54, 1.807) is 37.1 Å². The van der Waals surface area contributed by atoms with Gasteiger partial charge in [0.05, 0.1) is 27.4 Å². The SMILES string of the molecule is COc1cc(OC)cc(-c2nn(CN(C)CC(=O)NC3CC3)c(=S)o2)c1. The van der Waals surface area contributed by atoms with Gasteiger partial charge in [-0.2, -0.15) is 0 Å². The largest absolute Gasteiger partial charge is 0.497 e. The molecule has 1 amide bonds. The molecule has 2 aromatic rings. The molecule has 9 heteroatoms. The number of carbonyl (C=O) groups is 1. The Hall–Kier alpha value is -2.39. The van der Waals surface area contributed by atoms with Crippen molar-refractivity contribution in [3.63, 3.8) is 0 Å². The van der Waals surface area contributed by atoms with Gasteiger partial charge in [0.25, 0.3) is 4.84 Å². The van der Waals surface area contributed by atoms with Gasteiger partial charge in [-0.15, -0.1) is 5.10 Å². The average molecular weight is 378 g/mol. The summed E-state index contributed by atoms with van der Waals surface area (Å²) in [6.07, 6.45) is 2.13. The van der Waals surface area contributed by atoms with Gasteiger partial charge in [0, 0.05) is 17.7 Å². The van der Waals surface area contributed by atoms with Crippen molar-refractivity contribution >= 4 is 18.1 Å². The third kappa shape index (κ3) is 4.61. The Kier molecular flexibility index (Phi) is 5.58. The van der Waals surface area contributed by atoms with E-state index >= 15 is 0 Å². The van der Waals surface area contributed by atoms with E-state index < -0.39 is 0 Å². The summed E-state index contributed by atoms with van der Waals surface area (Å²) in [5.41, 5.74) is 0.695. The number of nitrogens with zero attached hydrogens (tertiary/aromatic N) is 3. The molecule has 8 nitrogen and oxygen atoms in total. The average Bonchev–Trinajstić information content (AvgIpc) is 3.35. The molecule has 26 heavy (non-hydrogen) atoms. The van der Waals surface area contributed by atoms with Crippen LogP contribution in [0.1, 0.15) is 12.8 Å². The van der Waals surface area contributed by atoms with Crippen LogP contribution in [-0.2, 0) is 11.5 Å². The van der Waals surface area contributed by atoms with E-state index in [1.165, 1.54) is 0 Å². The minimum atomic E-state index is 0.00256. The number of aromatic nitrogens is 2. The lowest BCUT2D eigenvalue weighted by molar-refractivity contribution is -0.122. The molecular weight excluding hydrogens is 356 g/mol. The van der Waals surface area contributed by atoms with Gasteiger partial charge in [0.2, 0.25) is 11.8 Å². The summed E-state index contributed by atoms with van der Waals surface area (Å²) in [5.74, 6) is 1.62. The molecule has 1 aliphatic rings. The van der Waals surface area contributed by atoms with Crippen LogP contribution in [0.5, 0.6) is 11.5 Å². The van der Waals surface area contributed by atoms with E-state index in [0.717, 1.165) is 12.8 Å². The molecule has 0 spiro atoms. The minimum Gasteiger partial charge on any atom is -0.497 e. The van der Waals surface area contributed by atoms with E-state index in [4.69, 9.17) is 26.1 Å². The molecule has 1 fully saturated rings. The first-order valence-electron chi connectivity index (χ1n) is 8.28. The van der Waals surface area contributed by atoms with Crippen molar-refractivity contribution in [2.24, 2.45) is 0 Å². The van der Waals surface area contributed by atoms with Crippen LogP contribution in [0.2, 0.25) is 0 Å². The molecule has 3 rings (SSSR count). The van der Waals surface area contributed by atoms with Crippen molar-refractivity contribution in [2.75, 3.05) is 27.8 Å². The Morgan fingerprint density at radius 3 is 2.58 bits per heavy atom. The van der Waals surface area contributed by atoms with Crippen LogP contribution in [0.25, 0.3) is 11.5 Å². The first kappa shape index (κ1) is 18.4. The predicted octanol–water partition coefficient (Wildman–Crippen LogP) is 2.06. The number of hydrogen-bond acceptors (Lipinski definition) is 7. The third-order valence-electron chi connectivity index (χ3n) is 3.94. The molecule has 0 unspecified atom stereocenters. The fourth-order valence-electron chi connectivity index (χ4n) is 2.47. The van der Waals surface area contributed by atoms with E-state index in [0.29, 0.717) is 35.7 Å². The second-order valence-corrected chi connectivity index (χ2v) is 6.62. The highest BCUT2D eigenvalue weighted by atomic mass is 32.1. The lowest BCUT2D eigenvalue weighted by atomic mass is 10.2. The number of methoxy groups -OCH3 is 2. The summed E-state index contributed by atoms with van der Waals surface area (Å²) < 4.78 is 17.7. The number of hydrogen-bond donors (Lipinski definition) is 1. The van der Waals surface area contributed by atoms with E-state index in [1.807, 2.05) is 11.9 Å². The Bertz CT molecular complexity index is 821. The molecule has 1 heterocycles. The topological polar surface area (TPSA) is 81.8 Å². The van der Waals surface area contributed by atoms with Gasteiger partial charge < -0.3 is 19.2 Å². The van der Waals surface area contributed by atoms with Crippen LogP contribution in [0.3, 0.4) is 0 Å². The highest BCUT2D eigenvalue weighted by Gasteiger charge is 2.23. The zero-order valence-electron chi connectivity index (χ0n) is 15.0. The van der Waals surface area contributed by atoms with Crippen molar-refractivity contribution < 1.29 is 18.7 Å². The fraction of sp³-hybridized carbons (Fsp3) is 0.471. The smallest absolute Gasteiger partial charge is 0.288 e.